The molecule has 0 aliphatic heterocycles. The third-order valence-corrected chi connectivity index (χ3v) is 23.4. The van der Waals surface area contributed by atoms with E-state index in [-0.39, 0.29) is 24.8 Å². The molecule has 132 valence electrons. The van der Waals surface area contributed by atoms with Crippen molar-refractivity contribution >= 4 is 47.6 Å². The van der Waals surface area contributed by atoms with Crippen LogP contribution in [-0.2, 0) is 17.4 Å². The second-order valence-electron chi connectivity index (χ2n) is 7.89. The number of fused-ring (bicyclic) bond motifs is 3. The van der Waals surface area contributed by atoms with E-state index in [1.807, 2.05) is 0 Å². The topological polar surface area (TPSA) is 0 Å². The number of rotatable bonds is 2. The van der Waals surface area contributed by atoms with Gasteiger partial charge in [-0.25, -0.2) is 0 Å². The summed E-state index contributed by atoms with van der Waals surface area (Å²) in [6, 6.07) is 15.9. The van der Waals surface area contributed by atoms with Crippen molar-refractivity contribution in [1.29, 1.82) is 0 Å². The Morgan fingerprint density at radius 1 is 1.00 bits per heavy atom. The van der Waals surface area contributed by atoms with Crippen LogP contribution < -0.4 is 0 Å². The van der Waals surface area contributed by atoms with Gasteiger partial charge in [-0.1, -0.05) is 0 Å². The molecule has 2 aromatic carbocycles. The fraction of sp³-hybridized carbons (Fsp3) is 0.200. The monoisotopic (exact) mass is 530 g/mol. The quantitative estimate of drug-likeness (QED) is 0.385. The maximum atomic E-state index is 3.70. The predicted molar refractivity (Wildman–Crippen MR) is 118 cm³/mol. The summed E-state index contributed by atoms with van der Waals surface area (Å²) in [5.41, 5.74) is 5.98. The Kier molecular flexibility index (Phi) is 6.20. The molecular weight excluding hydrogens is 510 g/mol. The molecule has 2 aliphatic carbocycles. The fourth-order valence-corrected chi connectivity index (χ4v) is 19.5. The van der Waals surface area contributed by atoms with Crippen LogP contribution in [0.1, 0.15) is 21.2 Å². The molecule has 4 rings (SSSR count). The molecule has 0 saturated heterocycles. The van der Waals surface area contributed by atoms with Gasteiger partial charge in [0, 0.05) is 0 Å². The van der Waals surface area contributed by atoms with Crippen LogP contribution in [0.2, 0.25) is 9.26 Å². The Bertz CT molecular complexity index is 956. The van der Waals surface area contributed by atoms with Gasteiger partial charge >= 0.3 is 150 Å². The summed E-state index contributed by atoms with van der Waals surface area (Å²) in [5.74, 6) is 0. The van der Waals surface area contributed by atoms with Crippen LogP contribution in [0.25, 0.3) is 11.1 Å². The van der Waals surface area contributed by atoms with E-state index in [9.17, 15) is 0 Å². The van der Waals surface area contributed by atoms with Crippen molar-refractivity contribution in [2.45, 2.75) is 19.3 Å². The second kappa shape index (κ2) is 7.24. The van der Waals surface area contributed by atoms with E-state index in [2.05, 4.69) is 92.8 Å². The fourth-order valence-electron chi connectivity index (χ4n) is 4.42. The number of benzene rings is 2. The van der Waals surface area contributed by atoms with Crippen molar-refractivity contribution in [3.05, 3.63) is 79.6 Å². The van der Waals surface area contributed by atoms with Gasteiger partial charge in [0.15, 0.2) is 0 Å². The average Bonchev–Trinajstić information content (AvgIpc) is 3.13. The van der Waals surface area contributed by atoms with Gasteiger partial charge < -0.3 is 0 Å². The molecule has 0 aromatic heterocycles. The molecule has 0 spiro atoms. The van der Waals surface area contributed by atoms with E-state index >= 15 is 0 Å². The summed E-state index contributed by atoms with van der Waals surface area (Å²) in [6.45, 7) is 2.36. The van der Waals surface area contributed by atoms with E-state index in [0.717, 1.165) is 6.42 Å². The first kappa shape index (κ1) is 21.4. The van der Waals surface area contributed by atoms with Gasteiger partial charge in [0.2, 0.25) is 0 Å². The first-order valence-electron chi connectivity index (χ1n) is 8.19. The Balaban J connectivity index is 0.00000113. The first-order chi connectivity index (χ1) is 10.9. The molecule has 1 atom stereocenters. The minimum atomic E-state index is -3.10. The summed E-state index contributed by atoms with van der Waals surface area (Å²) >= 11 is 0.606. The van der Waals surface area contributed by atoms with E-state index in [4.69, 9.17) is 0 Å². The van der Waals surface area contributed by atoms with Crippen LogP contribution in [0, 0.1) is 0 Å². The van der Waals surface area contributed by atoms with Crippen molar-refractivity contribution in [2.24, 2.45) is 0 Å². The molecule has 25 heavy (non-hydrogen) atoms. The van der Waals surface area contributed by atoms with Crippen molar-refractivity contribution in [1.82, 2.24) is 0 Å². The molecule has 0 nitrogen and oxygen atoms in total. The zero-order chi connectivity index (χ0) is 16.3. The number of halogens is 3. The predicted octanol–water partition coefficient (Wildman–Crippen LogP) is 6.54. The standard InChI is InChI=1S/C13H8Br.C5H5.2CH3.2ClH.H2Si.Zr/c14-11-5-6-13-10(8-11)7-9-3-1-2-4-12(9)13;1-2-4-5-3-1;;;;;;/h1-8H;1-3H,4H2;2*1H3;2*1H;1H2;. The molecule has 0 N–H and O–H groups in total. The van der Waals surface area contributed by atoms with E-state index in [1.54, 1.807) is 14.4 Å². The molecule has 5 heteroatoms. The van der Waals surface area contributed by atoms with Gasteiger partial charge in [0.1, 0.15) is 0 Å². The van der Waals surface area contributed by atoms with Gasteiger partial charge in [-0.15, -0.1) is 24.8 Å². The molecule has 2 aliphatic rings. The third-order valence-electron chi connectivity index (χ3n) is 5.64. The molecule has 0 fully saturated rings. The summed E-state index contributed by atoms with van der Waals surface area (Å²) < 4.78 is 8.79. The zero-order valence-corrected chi connectivity index (χ0v) is 21.6. The van der Waals surface area contributed by atoms with Crippen LogP contribution in [0.15, 0.2) is 68.4 Å². The SMILES string of the molecule is Cl.Cl.[CH3][Zr]([CH3])(=[SiH2])([C]1=CC=CC1)[CH]1c2ccccc2-c2ccc(Br)cc21. The minimum absolute atomic E-state index is 0. The number of hydrogen-bond donors (Lipinski definition) is 0. The van der Waals surface area contributed by atoms with Crippen LogP contribution in [0.5, 0.6) is 0 Å². The Labute approximate surface area is 173 Å². The maximum absolute atomic E-state index is 3.70. The van der Waals surface area contributed by atoms with Crippen molar-refractivity contribution in [2.75, 3.05) is 0 Å². The van der Waals surface area contributed by atoms with E-state index in [1.165, 1.54) is 15.6 Å². The van der Waals surface area contributed by atoms with E-state index < -0.39 is 17.4 Å². The summed E-state index contributed by atoms with van der Waals surface area (Å²) in [4.78, 5) is 0. The Morgan fingerprint density at radius 3 is 2.36 bits per heavy atom. The Morgan fingerprint density at radius 2 is 1.68 bits per heavy atom. The molecule has 1 unspecified atom stereocenters. The second-order valence-corrected chi connectivity index (χ2v) is 38.5. The van der Waals surface area contributed by atoms with Gasteiger partial charge in [-0.3, -0.25) is 0 Å². The van der Waals surface area contributed by atoms with Crippen molar-refractivity contribution < 1.29 is 17.4 Å². The van der Waals surface area contributed by atoms with Gasteiger partial charge in [0.05, 0.1) is 0 Å². The first-order valence-corrected chi connectivity index (χ1v) is 22.5. The summed E-state index contributed by atoms with van der Waals surface area (Å²) in [6.07, 6.45) is 8.15. The molecule has 0 radical (unpaired) electrons. The van der Waals surface area contributed by atoms with Crippen LogP contribution >= 0.6 is 40.7 Å². The zero-order valence-electron chi connectivity index (χ0n) is 14.5. The molecule has 0 heterocycles. The molecular formula is C20H23BrCl2SiZr. The average molecular weight is 534 g/mol. The van der Waals surface area contributed by atoms with Crippen molar-refractivity contribution in [3.8, 4) is 11.1 Å². The summed E-state index contributed by atoms with van der Waals surface area (Å²) in [7, 11) is 0. The molecule has 0 saturated carbocycles. The molecule has 0 bridgehead atoms. The third kappa shape index (κ3) is 3.36. The van der Waals surface area contributed by atoms with Crippen LogP contribution in [-0.4, -0.2) is 6.88 Å². The van der Waals surface area contributed by atoms with E-state index in [0.29, 0.717) is 3.63 Å². The summed E-state index contributed by atoms with van der Waals surface area (Å²) in [5, 5.41) is 0. The van der Waals surface area contributed by atoms with Crippen molar-refractivity contribution in [3.63, 3.8) is 0 Å². The Hall–Kier alpha value is 0.0800. The van der Waals surface area contributed by atoms with Crippen LogP contribution in [0.3, 0.4) is 0 Å². The van der Waals surface area contributed by atoms with Gasteiger partial charge in [0.25, 0.3) is 0 Å². The van der Waals surface area contributed by atoms with Gasteiger partial charge in [-0.2, -0.15) is 0 Å². The van der Waals surface area contributed by atoms with Gasteiger partial charge in [-0.05, 0) is 0 Å². The molecule has 0 amide bonds. The number of hydrogen-bond acceptors (Lipinski definition) is 0. The normalized spacial score (nSPS) is 17.9. The molecule has 2 aromatic rings. The number of allylic oxidation sites excluding steroid dienone is 4. The van der Waals surface area contributed by atoms with Crippen LogP contribution in [0.4, 0.5) is 0 Å².